The normalized spacial score (nSPS) is 11.7. The molecule has 0 radical (unpaired) electrons. The van der Waals surface area contributed by atoms with Crippen molar-refractivity contribution >= 4 is 5.96 Å². The quantitative estimate of drug-likeness (QED) is 0.267. The second-order valence-corrected chi connectivity index (χ2v) is 2.80. The van der Waals surface area contributed by atoms with Crippen LogP contribution in [0.15, 0.2) is 17.5 Å². The van der Waals surface area contributed by atoms with Gasteiger partial charge in [0, 0.05) is 26.5 Å². The molecule has 1 heterocycles. The SMILES string of the molecule is CN(Cc1nccn1C)C(N)=NN. The standard InChI is InChI=1S/C7H14N6/c1-12-4-3-10-6(12)5-13(2)7(8)11-9/h3-4H,5,9H2,1-2H3,(H2,8,11). The molecule has 0 aliphatic rings. The summed E-state index contributed by atoms with van der Waals surface area (Å²) in [5, 5.41) is 3.38. The highest BCUT2D eigenvalue weighted by Gasteiger charge is 2.05. The van der Waals surface area contributed by atoms with Crippen LogP contribution in [0.25, 0.3) is 0 Å². The van der Waals surface area contributed by atoms with Crippen LogP contribution < -0.4 is 11.6 Å². The van der Waals surface area contributed by atoms with Gasteiger partial charge in [0.2, 0.25) is 5.96 Å². The van der Waals surface area contributed by atoms with Gasteiger partial charge in [-0.3, -0.25) is 0 Å². The van der Waals surface area contributed by atoms with Crippen LogP contribution in [0, 0.1) is 0 Å². The van der Waals surface area contributed by atoms with E-state index in [4.69, 9.17) is 11.6 Å². The average molecular weight is 182 g/mol. The molecule has 6 nitrogen and oxygen atoms in total. The number of hydrogen-bond acceptors (Lipinski definition) is 3. The van der Waals surface area contributed by atoms with E-state index in [9.17, 15) is 0 Å². The molecule has 1 aromatic heterocycles. The molecule has 0 unspecified atom stereocenters. The molecule has 0 aromatic carbocycles. The lowest BCUT2D eigenvalue weighted by Crippen LogP contribution is -2.35. The molecule has 1 aromatic rings. The molecule has 0 saturated carbocycles. The summed E-state index contributed by atoms with van der Waals surface area (Å²) in [6.45, 7) is 0.593. The van der Waals surface area contributed by atoms with Crippen molar-refractivity contribution in [3.05, 3.63) is 18.2 Å². The molecule has 4 N–H and O–H groups in total. The van der Waals surface area contributed by atoms with Crippen LogP contribution in [0.2, 0.25) is 0 Å². The molecule has 0 fully saturated rings. The maximum Gasteiger partial charge on any atom is 0.213 e. The summed E-state index contributed by atoms with van der Waals surface area (Å²) in [5.41, 5.74) is 5.50. The van der Waals surface area contributed by atoms with E-state index in [0.29, 0.717) is 12.5 Å². The van der Waals surface area contributed by atoms with E-state index >= 15 is 0 Å². The number of imidazole rings is 1. The molecule has 13 heavy (non-hydrogen) atoms. The summed E-state index contributed by atoms with van der Waals surface area (Å²) >= 11 is 0. The molecule has 0 aliphatic carbocycles. The Balaban J connectivity index is 2.65. The van der Waals surface area contributed by atoms with Crippen molar-refractivity contribution in [1.82, 2.24) is 14.5 Å². The number of aryl methyl sites for hydroxylation is 1. The van der Waals surface area contributed by atoms with E-state index < -0.39 is 0 Å². The summed E-state index contributed by atoms with van der Waals surface area (Å²) in [4.78, 5) is 5.87. The molecule has 0 atom stereocenters. The van der Waals surface area contributed by atoms with Gasteiger partial charge >= 0.3 is 0 Å². The molecule has 1 rings (SSSR count). The number of aromatic nitrogens is 2. The van der Waals surface area contributed by atoms with E-state index in [-0.39, 0.29) is 0 Å². The first kappa shape index (κ1) is 9.37. The number of nitrogens with zero attached hydrogens (tertiary/aromatic N) is 4. The Hall–Kier alpha value is -1.72. The van der Waals surface area contributed by atoms with Crippen LogP contribution in [0.4, 0.5) is 0 Å². The molecule has 0 aliphatic heterocycles. The van der Waals surface area contributed by atoms with Crippen LogP contribution in [0.1, 0.15) is 5.82 Å². The summed E-state index contributed by atoms with van der Waals surface area (Å²) in [7, 11) is 3.73. The lowest BCUT2D eigenvalue weighted by atomic mass is 10.5. The predicted molar refractivity (Wildman–Crippen MR) is 50.5 cm³/mol. The summed E-state index contributed by atoms with van der Waals surface area (Å²) < 4.78 is 1.92. The number of hydrogen-bond donors (Lipinski definition) is 2. The van der Waals surface area contributed by atoms with Crippen molar-refractivity contribution in [1.29, 1.82) is 0 Å². The molecule has 6 heteroatoms. The minimum absolute atomic E-state index is 0.294. The van der Waals surface area contributed by atoms with Gasteiger partial charge in [-0.25, -0.2) is 4.98 Å². The third-order valence-electron chi connectivity index (χ3n) is 1.82. The van der Waals surface area contributed by atoms with Crippen molar-refractivity contribution in [3.8, 4) is 0 Å². The van der Waals surface area contributed by atoms with Crippen LogP contribution in [0.5, 0.6) is 0 Å². The van der Waals surface area contributed by atoms with E-state index in [1.54, 1.807) is 18.1 Å². The molecule has 0 saturated heterocycles. The monoisotopic (exact) mass is 182 g/mol. The smallest absolute Gasteiger partial charge is 0.213 e. The first-order chi connectivity index (χ1) is 6.15. The largest absolute Gasteiger partial charge is 0.368 e. The molecular formula is C7H14N6. The Morgan fingerprint density at radius 1 is 1.77 bits per heavy atom. The van der Waals surface area contributed by atoms with E-state index in [1.807, 2.05) is 17.8 Å². The fourth-order valence-corrected chi connectivity index (χ4v) is 0.941. The van der Waals surface area contributed by atoms with Gasteiger partial charge in [0.1, 0.15) is 5.82 Å². The third-order valence-corrected chi connectivity index (χ3v) is 1.82. The van der Waals surface area contributed by atoms with Crippen molar-refractivity contribution < 1.29 is 0 Å². The second-order valence-electron chi connectivity index (χ2n) is 2.80. The topological polar surface area (TPSA) is 85.5 Å². The number of nitrogens with two attached hydrogens (primary N) is 2. The Morgan fingerprint density at radius 3 is 2.92 bits per heavy atom. The number of hydrazone groups is 1. The molecule has 72 valence electrons. The van der Waals surface area contributed by atoms with E-state index in [0.717, 1.165) is 5.82 Å². The van der Waals surface area contributed by atoms with Gasteiger partial charge in [-0.15, -0.1) is 5.10 Å². The Kier molecular flexibility index (Phi) is 2.73. The maximum absolute atomic E-state index is 5.50. The zero-order valence-electron chi connectivity index (χ0n) is 7.81. The third kappa shape index (κ3) is 2.11. The van der Waals surface area contributed by atoms with Crippen molar-refractivity contribution in [2.24, 2.45) is 23.7 Å². The van der Waals surface area contributed by atoms with Gasteiger partial charge in [0.25, 0.3) is 0 Å². The Bertz CT molecular complexity index is 302. The minimum Gasteiger partial charge on any atom is -0.368 e. The highest BCUT2D eigenvalue weighted by Crippen LogP contribution is 1.98. The van der Waals surface area contributed by atoms with Crippen LogP contribution in [0.3, 0.4) is 0 Å². The molecule has 0 amide bonds. The second kappa shape index (κ2) is 3.79. The van der Waals surface area contributed by atoms with Crippen molar-refractivity contribution in [2.75, 3.05) is 7.05 Å². The highest BCUT2D eigenvalue weighted by molar-refractivity contribution is 5.77. The summed E-state index contributed by atoms with van der Waals surface area (Å²) in [6.07, 6.45) is 3.61. The van der Waals surface area contributed by atoms with Gasteiger partial charge in [0.15, 0.2) is 0 Å². The minimum atomic E-state index is 0.294. The first-order valence-corrected chi connectivity index (χ1v) is 3.86. The summed E-state index contributed by atoms with van der Waals surface area (Å²) in [6, 6.07) is 0. The van der Waals surface area contributed by atoms with Gasteiger partial charge in [-0.05, 0) is 0 Å². The van der Waals surface area contributed by atoms with Crippen LogP contribution in [-0.2, 0) is 13.6 Å². The fourth-order valence-electron chi connectivity index (χ4n) is 0.941. The number of rotatable bonds is 2. The van der Waals surface area contributed by atoms with E-state index in [2.05, 4.69) is 10.1 Å². The Labute approximate surface area is 76.8 Å². The lowest BCUT2D eigenvalue weighted by Gasteiger charge is -2.16. The number of guanidine groups is 1. The van der Waals surface area contributed by atoms with Gasteiger partial charge in [-0.2, -0.15) is 0 Å². The molecular weight excluding hydrogens is 168 g/mol. The van der Waals surface area contributed by atoms with Gasteiger partial charge in [-0.1, -0.05) is 0 Å². The lowest BCUT2D eigenvalue weighted by molar-refractivity contribution is 0.467. The zero-order valence-corrected chi connectivity index (χ0v) is 7.81. The van der Waals surface area contributed by atoms with Gasteiger partial charge < -0.3 is 21.0 Å². The maximum atomic E-state index is 5.50. The van der Waals surface area contributed by atoms with Crippen LogP contribution in [-0.4, -0.2) is 27.5 Å². The molecule has 0 bridgehead atoms. The van der Waals surface area contributed by atoms with Crippen molar-refractivity contribution in [3.63, 3.8) is 0 Å². The predicted octanol–water partition coefficient (Wildman–Crippen LogP) is -0.960. The Morgan fingerprint density at radius 2 is 2.46 bits per heavy atom. The molecule has 0 spiro atoms. The average Bonchev–Trinajstić information content (AvgIpc) is 2.50. The van der Waals surface area contributed by atoms with Gasteiger partial charge in [0.05, 0.1) is 6.54 Å². The van der Waals surface area contributed by atoms with Crippen LogP contribution >= 0.6 is 0 Å². The first-order valence-electron chi connectivity index (χ1n) is 3.86. The van der Waals surface area contributed by atoms with Crippen molar-refractivity contribution in [2.45, 2.75) is 6.54 Å². The van der Waals surface area contributed by atoms with E-state index in [1.165, 1.54) is 0 Å². The summed E-state index contributed by atoms with van der Waals surface area (Å²) in [5.74, 6) is 6.24. The fraction of sp³-hybridized carbons (Fsp3) is 0.429. The zero-order chi connectivity index (χ0) is 9.84. The highest BCUT2D eigenvalue weighted by atomic mass is 15.3.